The van der Waals surface area contributed by atoms with Crippen LogP contribution in [-0.2, 0) is 36.5 Å². The van der Waals surface area contributed by atoms with E-state index in [4.69, 9.17) is 0 Å². The van der Waals surface area contributed by atoms with Crippen molar-refractivity contribution >= 4 is 21.5 Å². The summed E-state index contributed by atoms with van der Waals surface area (Å²) in [7, 11) is 0. The lowest BCUT2D eigenvalue weighted by molar-refractivity contribution is 0.563. The second kappa shape index (κ2) is 15.4. The Morgan fingerprint density at radius 3 is 1.12 bits per heavy atom. The van der Waals surface area contributed by atoms with Crippen LogP contribution >= 0.6 is 0 Å². The second-order valence-corrected chi connectivity index (χ2v) is 21.2. The summed E-state index contributed by atoms with van der Waals surface area (Å²) >= 11 is 0. The minimum Gasteiger partial charge on any atom is -0.309 e. The third-order valence-electron chi connectivity index (χ3n) is 17.6. The summed E-state index contributed by atoms with van der Waals surface area (Å²) in [5.41, 5.74) is 27.9. The van der Waals surface area contributed by atoms with Crippen molar-refractivity contribution in [2.45, 2.75) is 36.5 Å². The van der Waals surface area contributed by atoms with Crippen molar-refractivity contribution in [3.05, 3.63) is 293 Å². The molecule has 342 valence electrons. The largest absolute Gasteiger partial charge is 0.309 e. The standard InChI is InChI=1S/C72H49N/c1-3-17-46(18-4-1)67-37-38-68(47-19-5-2-6-20-47)73(67)54-33-36-61-62(41-54)70(49-32-35-58-56-26-14-16-30-64(56)72(66(58)40-49)44-52-23-9-10-24-53(52)45-72)60-28-12-11-27-59(60)69(61)48-31-34-57-55-25-13-15-29-63(55)71(65(57)39-48)42-50-21-7-8-22-51(50)43-71/h1-41H,42-45H2. The predicted octanol–water partition coefficient (Wildman–Crippen LogP) is 17.6. The molecule has 4 aliphatic carbocycles. The van der Waals surface area contributed by atoms with Crippen molar-refractivity contribution < 1.29 is 0 Å². The van der Waals surface area contributed by atoms with Crippen LogP contribution in [0.25, 0.3) is 94.3 Å². The lowest BCUT2D eigenvalue weighted by Gasteiger charge is -2.28. The first-order chi connectivity index (χ1) is 36.1. The number of nitrogens with zero attached hydrogens (tertiary/aromatic N) is 1. The monoisotopic (exact) mass is 927 g/mol. The van der Waals surface area contributed by atoms with Crippen LogP contribution in [-0.4, -0.2) is 4.57 Å². The molecule has 0 atom stereocenters. The van der Waals surface area contributed by atoms with Crippen LogP contribution in [0.5, 0.6) is 0 Å². The van der Waals surface area contributed by atoms with Crippen molar-refractivity contribution in [3.8, 4) is 72.7 Å². The first-order valence-corrected chi connectivity index (χ1v) is 26.1. The highest BCUT2D eigenvalue weighted by Crippen LogP contribution is 2.59. The van der Waals surface area contributed by atoms with Gasteiger partial charge >= 0.3 is 0 Å². The molecule has 12 aromatic rings. The van der Waals surface area contributed by atoms with Gasteiger partial charge in [-0.25, -0.2) is 0 Å². The fourth-order valence-corrected chi connectivity index (χ4v) is 14.5. The molecule has 0 radical (unpaired) electrons. The summed E-state index contributed by atoms with van der Waals surface area (Å²) in [6, 6.07) is 94.7. The van der Waals surface area contributed by atoms with Gasteiger partial charge in [-0.05, 0) is 184 Å². The lowest BCUT2D eigenvalue weighted by atomic mass is 9.74. The second-order valence-electron chi connectivity index (χ2n) is 21.2. The SMILES string of the molecule is c1ccc(-c2ccc(-c3ccccc3)n2-c2ccc3c(-c4ccc5c(c4)C4(Cc6ccccc6C4)c4ccccc4-5)c4ccccc4c(-c4ccc5c(c4)C4(Cc6ccccc6C4)c4ccccc4-5)c3c2)cc1. The minimum absolute atomic E-state index is 0.113. The molecule has 11 aromatic carbocycles. The molecule has 0 saturated heterocycles. The number of aromatic nitrogens is 1. The van der Waals surface area contributed by atoms with Gasteiger partial charge in [0, 0.05) is 16.5 Å². The third kappa shape index (κ3) is 5.79. The Labute approximate surface area is 426 Å². The van der Waals surface area contributed by atoms with E-state index < -0.39 is 0 Å². The summed E-state index contributed by atoms with van der Waals surface area (Å²) in [5, 5.41) is 5.06. The van der Waals surface area contributed by atoms with Gasteiger partial charge in [0.25, 0.3) is 0 Å². The lowest BCUT2D eigenvalue weighted by Crippen LogP contribution is -2.25. The third-order valence-corrected chi connectivity index (χ3v) is 17.6. The molecule has 0 bridgehead atoms. The van der Waals surface area contributed by atoms with E-state index in [1.54, 1.807) is 0 Å². The van der Waals surface area contributed by atoms with Crippen molar-refractivity contribution in [1.29, 1.82) is 0 Å². The van der Waals surface area contributed by atoms with E-state index in [0.29, 0.717) is 0 Å². The molecule has 0 saturated carbocycles. The van der Waals surface area contributed by atoms with E-state index >= 15 is 0 Å². The zero-order valence-corrected chi connectivity index (χ0v) is 40.4. The molecule has 0 fully saturated rings. The molecule has 1 aromatic heterocycles. The van der Waals surface area contributed by atoms with E-state index in [1.807, 2.05) is 0 Å². The summed E-state index contributed by atoms with van der Waals surface area (Å²) in [5.74, 6) is 0. The first-order valence-electron chi connectivity index (χ1n) is 26.1. The van der Waals surface area contributed by atoms with Crippen LogP contribution in [0.3, 0.4) is 0 Å². The Hall–Kier alpha value is -8.78. The Morgan fingerprint density at radius 1 is 0.260 bits per heavy atom. The maximum atomic E-state index is 2.60. The smallest absolute Gasteiger partial charge is 0.0535 e. The molecule has 1 heteroatoms. The summed E-state index contributed by atoms with van der Waals surface area (Å²) in [4.78, 5) is 0. The molecule has 2 spiro atoms. The van der Waals surface area contributed by atoms with E-state index in [0.717, 1.165) is 31.4 Å². The Kier molecular flexibility index (Phi) is 8.61. The average Bonchev–Trinajstić information content (AvgIpc) is 4.29. The van der Waals surface area contributed by atoms with Crippen LogP contribution in [0.4, 0.5) is 0 Å². The molecule has 0 N–H and O–H groups in total. The molecule has 0 aliphatic heterocycles. The van der Waals surface area contributed by atoms with Gasteiger partial charge in [0.2, 0.25) is 0 Å². The maximum Gasteiger partial charge on any atom is 0.0535 e. The van der Waals surface area contributed by atoms with Crippen molar-refractivity contribution in [3.63, 3.8) is 0 Å². The van der Waals surface area contributed by atoms with Gasteiger partial charge in [-0.3, -0.25) is 0 Å². The van der Waals surface area contributed by atoms with Gasteiger partial charge in [0.15, 0.2) is 0 Å². The molecule has 0 unspecified atom stereocenters. The van der Waals surface area contributed by atoms with Crippen molar-refractivity contribution in [2.75, 3.05) is 0 Å². The van der Waals surface area contributed by atoms with E-state index in [2.05, 4.69) is 253 Å². The Morgan fingerprint density at radius 2 is 0.644 bits per heavy atom. The van der Waals surface area contributed by atoms with Gasteiger partial charge in [-0.15, -0.1) is 0 Å². The van der Waals surface area contributed by atoms with Crippen LogP contribution in [0.15, 0.2) is 249 Å². The van der Waals surface area contributed by atoms with Crippen molar-refractivity contribution in [2.24, 2.45) is 0 Å². The molecule has 1 heterocycles. The highest BCUT2D eigenvalue weighted by molar-refractivity contribution is 6.22. The first kappa shape index (κ1) is 40.9. The number of rotatable bonds is 5. The van der Waals surface area contributed by atoms with Gasteiger partial charge in [0.05, 0.1) is 11.4 Å². The van der Waals surface area contributed by atoms with Gasteiger partial charge in [-0.1, -0.05) is 212 Å². The topological polar surface area (TPSA) is 4.93 Å². The number of fused-ring (bicyclic) bond motifs is 14. The van der Waals surface area contributed by atoms with E-state index in [1.165, 1.54) is 133 Å². The molecule has 1 nitrogen and oxygen atoms in total. The fourth-order valence-electron chi connectivity index (χ4n) is 14.5. The number of hydrogen-bond donors (Lipinski definition) is 0. The van der Waals surface area contributed by atoms with Gasteiger partial charge in [0.1, 0.15) is 0 Å². The Balaban J connectivity index is 0.976. The summed E-state index contributed by atoms with van der Waals surface area (Å²) < 4.78 is 2.49. The zero-order chi connectivity index (χ0) is 47.8. The van der Waals surface area contributed by atoms with Crippen LogP contribution in [0.1, 0.15) is 44.5 Å². The van der Waals surface area contributed by atoms with Gasteiger partial charge in [-0.2, -0.15) is 0 Å². The summed E-state index contributed by atoms with van der Waals surface area (Å²) in [6.07, 6.45) is 4.04. The molecule has 73 heavy (non-hydrogen) atoms. The van der Waals surface area contributed by atoms with Crippen LogP contribution < -0.4 is 0 Å². The normalized spacial score (nSPS) is 14.8. The Bertz CT molecular complexity index is 4160. The molecular formula is C72H49N. The quantitative estimate of drug-likeness (QED) is 0.152. The minimum atomic E-state index is -0.125. The van der Waals surface area contributed by atoms with Crippen LogP contribution in [0, 0.1) is 0 Å². The molecule has 0 amide bonds. The highest BCUT2D eigenvalue weighted by atomic mass is 15.0. The molecule has 4 aliphatic rings. The van der Waals surface area contributed by atoms with E-state index in [9.17, 15) is 0 Å². The molecular weight excluding hydrogens is 879 g/mol. The zero-order valence-electron chi connectivity index (χ0n) is 40.4. The number of hydrogen-bond acceptors (Lipinski definition) is 0. The van der Waals surface area contributed by atoms with Crippen molar-refractivity contribution in [1.82, 2.24) is 4.57 Å². The fraction of sp³-hybridized carbons (Fsp3) is 0.0833. The van der Waals surface area contributed by atoms with E-state index in [-0.39, 0.29) is 10.8 Å². The average molecular weight is 928 g/mol. The highest BCUT2D eigenvalue weighted by Gasteiger charge is 2.48. The number of benzene rings is 11. The molecule has 16 rings (SSSR count). The summed E-state index contributed by atoms with van der Waals surface area (Å²) in [6.45, 7) is 0. The maximum absolute atomic E-state index is 2.60. The van der Waals surface area contributed by atoms with Crippen LogP contribution in [0.2, 0.25) is 0 Å². The van der Waals surface area contributed by atoms with Gasteiger partial charge < -0.3 is 4.57 Å². The predicted molar refractivity (Wildman–Crippen MR) is 303 cm³/mol.